The second-order valence-corrected chi connectivity index (χ2v) is 7.53. The molecule has 5 nitrogen and oxygen atoms in total. The van der Waals surface area contributed by atoms with Crippen LogP contribution in [-0.4, -0.2) is 8.42 Å². The van der Waals surface area contributed by atoms with Crippen LogP contribution in [0.4, 0.5) is 5.88 Å². The summed E-state index contributed by atoms with van der Waals surface area (Å²) < 4.78 is 30.5. The Hall–Kier alpha value is -1.94. The van der Waals surface area contributed by atoms with Crippen LogP contribution in [0.3, 0.4) is 0 Å². The van der Waals surface area contributed by atoms with E-state index in [-0.39, 0.29) is 10.8 Å². The van der Waals surface area contributed by atoms with Crippen molar-refractivity contribution in [2.45, 2.75) is 18.7 Å². The molecule has 0 bridgehead atoms. The number of nitriles is 1. The average molecular weight is 371 g/mol. The molecular formula is C15H12Cl2N2O3S. The van der Waals surface area contributed by atoms with Gasteiger partial charge in [0, 0.05) is 15.6 Å². The molecule has 23 heavy (non-hydrogen) atoms. The fourth-order valence-electron chi connectivity index (χ4n) is 2.06. The number of allylic oxidation sites excluding steroid dienone is 1. The van der Waals surface area contributed by atoms with Crippen molar-refractivity contribution in [2.24, 2.45) is 0 Å². The molecule has 0 atom stereocenters. The van der Waals surface area contributed by atoms with Gasteiger partial charge in [0.05, 0.1) is 0 Å². The van der Waals surface area contributed by atoms with Gasteiger partial charge in [-0.3, -0.25) is 0 Å². The number of aryl methyl sites for hydroxylation is 1. The Balaban J connectivity index is 2.65. The van der Waals surface area contributed by atoms with Gasteiger partial charge in [0.15, 0.2) is 0 Å². The minimum atomic E-state index is -4.12. The molecule has 2 aromatic rings. The van der Waals surface area contributed by atoms with E-state index < -0.39 is 14.7 Å². The number of benzene rings is 1. The number of nitrogens with two attached hydrogens (primary N) is 1. The van der Waals surface area contributed by atoms with Crippen molar-refractivity contribution >= 4 is 45.0 Å². The van der Waals surface area contributed by atoms with Crippen LogP contribution in [0.2, 0.25) is 10.0 Å². The number of hydrogen-bond acceptors (Lipinski definition) is 5. The van der Waals surface area contributed by atoms with Crippen molar-refractivity contribution in [3.8, 4) is 6.07 Å². The first-order valence-corrected chi connectivity index (χ1v) is 8.59. The zero-order valence-electron chi connectivity index (χ0n) is 12.2. The lowest BCUT2D eigenvalue weighted by atomic mass is 10.2. The Morgan fingerprint density at radius 3 is 2.26 bits per heavy atom. The highest BCUT2D eigenvalue weighted by Gasteiger charge is 2.29. The van der Waals surface area contributed by atoms with Crippen molar-refractivity contribution in [2.75, 3.05) is 5.73 Å². The fraction of sp³-hybridized carbons (Fsp3) is 0.133. The Kier molecular flexibility index (Phi) is 4.76. The lowest BCUT2D eigenvalue weighted by molar-refractivity contribution is 0.546. The Morgan fingerprint density at radius 1 is 1.26 bits per heavy atom. The first-order valence-electron chi connectivity index (χ1n) is 6.35. The first kappa shape index (κ1) is 17.4. The quantitative estimate of drug-likeness (QED) is 0.819. The van der Waals surface area contributed by atoms with Crippen molar-refractivity contribution in [3.05, 3.63) is 50.0 Å². The van der Waals surface area contributed by atoms with E-state index in [1.807, 2.05) is 0 Å². The maximum Gasteiger partial charge on any atom is 0.222 e. The number of anilines is 1. The third-order valence-electron chi connectivity index (χ3n) is 3.21. The van der Waals surface area contributed by atoms with Gasteiger partial charge < -0.3 is 10.2 Å². The standard InChI is InChI=1S/C15H12Cl2N2O3S/c1-8-9(2)22-15(19)14(8)23(20,21)13(7-18)5-10-3-11(16)6-12(17)4-10/h3-6H,19H2,1-2H3. The number of halogens is 2. The number of sulfone groups is 1. The van der Waals surface area contributed by atoms with Crippen LogP contribution in [-0.2, 0) is 9.84 Å². The van der Waals surface area contributed by atoms with Crippen LogP contribution in [0.15, 0.2) is 32.4 Å². The maximum atomic E-state index is 12.7. The Bertz CT molecular complexity index is 934. The van der Waals surface area contributed by atoms with Crippen LogP contribution >= 0.6 is 23.2 Å². The third kappa shape index (κ3) is 3.37. The molecule has 0 saturated carbocycles. The van der Waals surface area contributed by atoms with Gasteiger partial charge >= 0.3 is 0 Å². The zero-order chi connectivity index (χ0) is 17.4. The summed E-state index contributed by atoms with van der Waals surface area (Å²) in [6, 6.07) is 6.18. The van der Waals surface area contributed by atoms with Crippen LogP contribution in [0.25, 0.3) is 6.08 Å². The maximum absolute atomic E-state index is 12.7. The molecule has 0 saturated heterocycles. The zero-order valence-corrected chi connectivity index (χ0v) is 14.6. The van der Waals surface area contributed by atoms with Gasteiger partial charge in [0.1, 0.15) is 21.6 Å². The van der Waals surface area contributed by atoms with Gasteiger partial charge in [-0.2, -0.15) is 5.26 Å². The van der Waals surface area contributed by atoms with E-state index in [1.54, 1.807) is 19.9 Å². The topological polar surface area (TPSA) is 97.1 Å². The minimum absolute atomic E-state index is 0.198. The van der Waals surface area contributed by atoms with E-state index in [0.29, 0.717) is 26.9 Å². The van der Waals surface area contributed by atoms with Crippen molar-refractivity contribution < 1.29 is 12.8 Å². The molecule has 0 aliphatic rings. The van der Waals surface area contributed by atoms with E-state index in [2.05, 4.69) is 0 Å². The summed E-state index contributed by atoms with van der Waals surface area (Å²) in [5.74, 6) is 0.134. The van der Waals surface area contributed by atoms with Gasteiger partial charge in [-0.1, -0.05) is 23.2 Å². The number of hydrogen-bond donors (Lipinski definition) is 1. The molecule has 1 heterocycles. The number of nitrogen functional groups attached to an aromatic ring is 1. The Labute approximate surface area is 143 Å². The average Bonchev–Trinajstić information content (AvgIpc) is 2.68. The van der Waals surface area contributed by atoms with Crippen molar-refractivity contribution in [1.82, 2.24) is 0 Å². The van der Waals surface area contributed by atoms with Crippen LogP contribution < -0.4 is 5.73 Å². The highest BCUT2D eigenvalue weighted by molar-refractivity contribution is 7.96. The fourth-order valence-corrected chi connectivity index (χ4v) is 4.08. The summed E-state index contributed by atoms with van der Waals surface area (Å²) >= 11 is 11.8. The molecule has 0 fully saturated rings. The van der Waals surface area contributed by atoms with Gasteiger partial charge in [0.2, 0.25) is 15.7 Å². The van der Waals surface area contributed by atoms with Gasteiger partial charge in [-0.25, -0.2) is 8.42 Å². The lowest BCUT2D eigenvalue weighted by Gasteiger charge is -2.04. The summed E-state index contributed by atoms with van der Waals surface area (Å²) in [6.07, 6.45) is 1.19. The largest absolute Gasteiger partial charge is 0.445 e. The first-order chi connectivity index (χ1) is 10.7. The van der Waals surface area contributed by atoms with Crippen molar-refractivity contribution in [3.63, 3.8) is 0 Å². The highest BCUT2D eigenvalue weighted by Crippen LogP contribution is 2.33. The minimum Gasteiger partial charge on any atom is -0.445 e. The molecule has 2 N–H and O–H groups in total. The summed E-state index contributed by atoms with van der Waals surface area (Å²) in [5.41, 5.74) is 6.39. The molecule has 1 aromatic carbocycles. The van der Waals surface area contributed by atoms with E-state index in [1.165, 1.54) is 24.3 Å². The second-order valence-electron chi connectivity index (χ2n) is 4.80. The van der Waals surface area contributed by atoms with Gasteiger partial charge in [0.25, 0.3) is 0 Å². The summed E-state index contributed by atoms with van der Waals surface area (Å²) in [6.45, 7) is 3.16. The lowest BCUT2D eigenvalue weighted by Crippen LogP contribution is -2.06. The SMILES string of the molecule is Cc1oc(N)c(S(=O)(=O)C(C#N)=Cc2cc(Cl)cc(Cl)c2)c1C. The summed E-state index contributed by atoms with van der Waals surface area (Å²) in [4.78, 5) is -0.678. The predicted octanol–water partition coefficient (Wildman–Crippen LogP) is 4.12. The number of furan rings is 1. The predicted molar refractivity (Wildman–Crippen MR) is 89.8 cm³/mol. The number of nitrogens with zero attached hydrogens (tertiary/aromatic N) is 1. The molecule has 8 heteroatoms. The molecule has 0 aliphatic heterocycles. The van der Waals surface area contributed by atoms with Crippen LogP contribution in [0, 0.1) is 25.2 Å². The molecule has 1 aromatic heterocycles. The normalized spacial score (nSPS) is 12.2. The molecule has 0 spiro atoms. The molecular weight excluding hydrogens is 359 g/mol. The van der Waals surface area contributed by atoms with E-state index in [9.17, 15) is 13.7 Å². The third-order valence-corrected chi connectivity index (χ3v) is 5.48. The smallest absolute Gasteiger partial charge is 0.222 e. The van der Waals surface area contributed by atoms with E-state index in [0.717, 1.165) is 0 Å². The van der Waals surface area contributed by atoms with E-state index in [4.69, 9.17) is 33.4 Å². The molecule has 0 radical (unpaired) electrons. The highest BCUT2D eigenvalue weighted by atomic mass is 35.5. The van der Waals surface area contributed by atoms with Gasteiger partial charge in [-0.05, 0) is 43.7 Å². The molecule has 120 valence electrons. The van der Waals surface area contributed by atoms with Crippen LogP contribution in [0.5, 0.6) is 0 Å². The Morgan fingerprint density at radius 2 is 1.83 bits per heavy atom. The van der Waals surface area contributed by atoms with E-state index >= 15 is 0 Å². The molecule has 0 aliphatic carbocycles. The second kappa shape index (κ2) is 6.28. The molecule has 0 amide bonds. The summed E-state index contributed by atoms with van der Waals surface area (Å²) in [5, 5.41) is 9.93. The van der Waals surface area contributed by atoms with Gasteiger partial charge in [-0.15, -0.1) is 0 Å². The van der Waals surface area contributed by atoms with Crippen molar-refractivity contribution in [1.29, 1.82) is 5.26 Å². The summed E-state index contributed by atoms with van der Waals surface area (Å²) in [7, 11) is -4.12. The number of rotatable bonds is 3. The monoisotopic (exact) mass is 370 g/mol. The molecule has 0 unspecified atom stereocenters. The molecule has 2 rings (SSSR count). The van der Waals surface area contributed by atoms with Crippen LogP contribution in [0.1, 0.15) is 16.9 Å².